The number of benzene rings is 1. The highest BCUT2D eigenvalue weighted by molar-refractivity contribution is 6.27. The summed E-state index contributed by atoms with van der Waals surface area (Å²) in [6.07, 6.45) is -8.46. The van der Waals surface area contributed by atoms with Crippen molar-refractivity contribution in [1.29, 1.82) is 0 Å². The molecule has 216 valence electrons. The van der Waals surface area contributed by atoms with Gasteiger partial charge in [-0.15, -0.1) is 5.10 Å². The summed E-state index contributed by atoms with van der Waals surface area (Å²) in [5.41, 5.74) is -2.99. The van der Waals surface area contributed by atoms with E-state index in [9.17, 15) is 31.1 Å². The second-order valence-corrected chi connectivity index (χ2v) is 9.71. The van der Waals surface area contributed by atoms with Crippen LogP contribution in [0.15, 0.2) is 36.5 Å². The summed E-state index contributed by atoms with van der Waals surface area (Å²) in [5.74, 6) is -0.879. The van der Waals surface area contributed by atoms with Crippen LogP contribution in [-0.2, 0) is 10.3 Å². The summed E-state index contributed by atoms with van der Waals surface area (Å²) < 4.78 is 88.3. The fourth-order valence-electron chi connectivity index (χ4n) is 4.45. The number of nitrogens with zero attached hydrogens (tertiary/aromatic N) is 5. The van der Waals surface area contributed by atoms with Crippen molar-refractivity contribution in [3.05, 3.63) is 53.6 Å². The number of alkyl halides is 6. The zero-order valence-corrected chi connectivity index (χ0v) is 21.6. The Morgan fingerprint density at radius 3 is 2.35 bits per heavy atom. The fourth-order valence-corrected chi connectivity index (χ4v) is 4.45. The van der Waals surface area contributed by atoms with Gasteiger partial charge in [0, 0.05) is 25.1 Å². The van der Waals surface area contributed by atoms with Crippen LogP contribution in [0.5, 0.6) is 5.75 Å². The van der Waals surface area contributed by atoms with Crippen molar-refractivity contribution in [2.75, 3.05) is 6.61 Å². The quantitative estimate of drug-likeness (QED) is 0.250. The number of rotatable bonds is 10. The number of hydrogen-bond donors (Lipinski definition) is 2. The van der Waals surface area contributed by atoms with E-state index < -0.39 is 36.6 Å². The minimum atomic E-state index is -4.92. The number of unbranched alkanes of at least 4 members (excludes halogenated alkanes) is 2. The first-order valence-electron chi connectivity index (χ1n) is 12.5. The fraction of sp³-hybridized carbons (Fsp3) is 0.480. The van der Waals surface area contributed by atoms with Crippen LogP contribution in [0.1, 0.15) is 69.1 Å². The molecule has 3 heterocycles. The summed E-state index contributed by atoms with van der Waals surface area (Å²) in [7, 11) is 0. The van der Waals surface area contributed by atoms with Crippen LogP contribution >= 0.6 is 0 Å². The van der Waals surface area contributed by atoms with E-state index >= 15 is 0 Å². The Labute approximate surface area is 225 Å². The Bertz CT molecular complexity index is 1330. The van der Waals surface area contributed by atoms with Gasteiger partial charge in [-0.05, 0) is 72.9 Å². The van der Waals surface area contributed by atoms with Crippen molar-refractivity contribution in [2.24, 2.45) is 0 Å². The van der Waals surface area contributed by atoms with Crippen molar-refractivity contribution in [1.82, 2.24) is 35.7 Å². The van der Waals surface area contributed by atoms with Gasteiger partial charge in [0.25, 0.3) is 5.91 Å². The largest absolute Gasteiger partial charge is 0.494 e. The van der Waals surface area contributed by atoms with E-state index in [1.165, 1.54) is 30.3 Å². The average Bonchev–Trinajstić information content (AvgIpc) is 3.57. The number of nitrogens with one attached hydrogen (secondary N) is 2. The molecule has 2 N–H and O–H groups in total. The smallest absolute Gasteiger partial charge is 0.416 e. The normalized spacial score (nSPS) is 18.4. The molecular formula is C25H27F6N7O2. The Kier molecular flexibility index (Phi) is 8.21. The molecule has 40 heavy (non-hydrogen) atoms. The van der Waals surface area contributed by atoms with Gasteiger partial charge in [-0.3, -0.25) is 9.48 Å². The number of carbonyl (C=O) groups is 1. The van der Waals surface area contributed by atoms with Crippen molar-refractivity contribution in [2.45, 2.75) is 69.9 Å². The molecule has 0 saturated carbocycles. The summed E-state index contributed by atoms with van der Waals surface area (Å²) in [6, 6.07) is 6.53. The Morgan fingerprint density at radius 1 is 1.05 bits per heavy atom. The Morgan fingerprint density at radius 2 is 1.77 bits per heavy atom. The molecule has 0 radical (unpaired) electrons. The number of amides is 1. The van der Waals surface area contributed by atoms with Crippen molar-refractivity contribution >= 4 is 17.1 Å². The second kappa shape index (κ2) is 11.3. The molecule has 0 bridgehead atoms. The number of ether oxygens (including phenoxy) is 1. The van der Waals surface area contributed by atoms with E-state index in [0.717, 1.165) is 0 Å². The number of carbonyl (C=O) groups excluding carboxylic acids is 1. The van der Waals surface area contributed by atoms with E-state index in [1.807, 2.05) is 13.8 Å². The maximum Gasteiger partial charge on any atom is 0.416 e. The predicted octanol–water partition coefficient (Wildman–Crippen LogP) is 5.37. The third-order valence-electron chi connectivity index (χ3n) is 6.53. The average molecular weight is 572 g/mol. The molecule has 3 aromatic rings. The number of hydrogen-bond acceptors (Lipinski definition) is 6. The lowest BCUT2D eigenvalue weighted by atomic mass is 9.77. The number of halogens is 6. The highest BCUT2D eigenvalue weighted by atomic mass is 19.4. The highest BCUT2D eigenvalue weighted by Crippen LogP contribution is 2.49. The summed E-state index contributed by atoms with van der Waals surface area (Å²) in [5, 5.41) is 19.6. The van der Waals surface area contributed by atoms with Gasteiger partial charge in [0.05, 0.1) is 17.9 Å². The van der Waals surface area contributed by atoms with Gasteiger partial charge in [-0.1, -0.05) is 12.1 Å². The lowest BCUT2D eigenvalue weighted by molar-refractivity contribution is -0.201. The summed E-state index contributed by atoms with van der Waals surface area (Å²) in [6.45, 7) is 3.82. The molecule has 1 aliphatic heterocycles. The predicted molar refractivity (Wildman–Crippen MR) is 131 cm³/mol. The van der Waals surface area contributed by atoms with Crippen molar-refractivity contribution in [3.63, 3.8) is 0 Å². The zero-order chi connectivity index (χ0) is 29.1. The van der Waals surface area contributed by atoms with Gasteiger partial charge in [0.2, 0.25) is 0 Å². The van der Waals surface area contributed by atoms with Crippen LogP contribution in [0.4, 0.5) is 26.3 Å². The molecule has 1 aromatic carbocycles. The first-order valence-corrected chi connectivity index (χ1v) is 12.5. The molecule has 1 aliphatic rings. The maximum absolute atomic E-state index is 14.8. The molecule has 0 aliphatic carbocycles. The minimum Gasteiger partial charge on any atom is -0.494 e. The maximum atomic E-state index is 14.8. The van der Waals surface area contributed by atoms with Crippen LogP contribution in [0.3, 0.4) is 0 Å². The third kappa shape index (κ3) is 6.28. The van der Waals surface area contributed by atoms with Crippen LogP contribution in [0.2, 0.25) is 0 Å². The van der Waals surface area contributed by atoms with Crippen LogP contribution < -0.4 is 10.1 Å². The minimum absolute atomic E-state index is 0.0122. The molecule has 9 nitrogen and oxygen atoms in total. The number of aromatic nitrogens is 6. The molecule has 0 fully saturated rings. The number of aromatic amines is 1. The van der Waals surface area contributed by atoms with Crippen LogP contribution in [-0.4, -0.2) is 55.3 Å². The van der Waals surface area contributed by atoms with Gasteiger partial charge < -0.3 is 10.1 Å². The summed E-state index contributed by atoms with van der Waals surface area (Å²) in [4.78, 5) is 13.3. The molecule has 1 amide bonds. The van der Waals surface area contributed by atoms with Crippen LogP contribution in [0.25, 0.3) is 11.1 Å². The summed E-state index contributed by atoms with van der Waals surface area (Å²) >= 11 is 0. The lowest BCUT2D eigenvalue weighted by Gasteiger charge is -2.41. The molecule has 0 saturated heterocycles. The molecule has 4 rings (SSSR count). The van der Waals surface area contributed by atoms with Crippen molar-refractivity contribution in [3.8, 4) is 5.75 Å². The Balaban J connectivity index is 1.61. The van der Waals surface area contributed by atoms with E-state index in [1.54, 1.807) is 10.9 Å². The van der Waals surface area contributed by atoms with E-state index in [2.05, 4.69) is 31.0 Å². The van der Waals surface area contributed by atoms with E-state index in [-0.39, 0.29) is 53.0 Å². The SMILES string of the molecule is CC(C)n1ccc(C2=C(c3nnn[nH]3)C(=O)NC(c3ccc(OCCCCCC(F)(F)F)cc3)(C(F)(F)F)C2)n1. The second-order valence-electron chi connectivity index (χ2n) is 9.71. The highest BCUT2D eigenvalue weighted by Gasteiger charge is 2.60. The molecule has 1 unspecified atom stereocenters. The number of H-pyrrole nitrogens is 1. The standard InChI is InChI=1S/C25H27F6N7O2/c1-15(2)38-12-10-19(35-38)18-14-23(25(29,30)31,32-22(39)20(18)21-33-36-37-34-21)16-6-8-17(9-7-16)40-13-5-3-4-11-24(26,27)28/h6-10,12,15H,3-5,11,13-14H2,1-2H3,(H,32,39)(H,33,34,36,37). The monoisotopic (exact) mass is 571 g/mol. The lowest BCUT2D eigenvalue weighted by Crippen LogP contribution is -2.58. The van der Waals surface area contributed by atoms with E-state index in [0.29, 0.717) is 12.8 Å². The van der Waals surface area contributed by atoms with Crippen molar-refractivity contribution < 1.29 is 35.9 Å². The van der Waals surface area contributed by atoms with Gasteiger partial charge >= 0.3 is 12.4 Å². The molecule has 1 atom stereocenters. The van der Waals surface area contributed by atoms with Gasteiger partial charge in [0.15, 0.2) is 11.4 Å². The molecule has 15 heteroatoms. The van der Waals surface area contributed by atoms with Crippen LogP contribution in [0, 0.1) is 0 Å². The first-order chi connectivity index (χ1) is 18.8. The first kappa shape index (κ1) is 29.1. The molecule has 2 aromatic heterocycles. The Hall–Kier alpha value is -3.91. The number of tetrazole rings is 1. The molecule has 0 spiro atoms. The van der Waals surface area contributed by atoms with Gasteiger partial charge in [-0.2, -0.15) is 31.4 Å². The third-order valence-corrected chi connectivity index (χ3v) is 6.53. The van der Waals surface area contributed by atoms with E-state index in [4.69, 9.17) is 4.74 Å². The molecular weight excluding hydrogens is 544 g/mol. The van der Waals surface area contributed by atoms with Gasteiger partial charge in [-0.25, -0.2) is 5.10 Å². The topological polar surface area (TPSA) is 111 Å². The zero-order valence-electron chi connectivity index (χ0n) is 21.6. The van der Waals surface area contributed by atoms with Gasteiger partial charge in [0.1, 0.15) is 5.75 Å².